The third kappa shape index (κ3) is 2.15. The molecular formula is C12H12BrN3O2. The van der Waals surface area contributed by atoms with Crippen LogP contribution in [-0.4, -0.2) is 25.8 Å². The number of hydrogen-bond acceptors (Lipinski definition) is 3. The van der Waals surface area contributed by atoms with Gasteiger partial charge in [0.15, 0.2) is 5.69 Å². The lowest BCUT2D eigenvalue weighted by Crippen LogP contribution is -2.04. The highest BCUT2D eigenvalue weighted by atomic mass is 79.9. The van der Waals surface area contributed by atoms with Crippen molar-refractivity contribution in [2.75, 3.05) is 0 Å². The molecule has 0 unspecified atom stereocenters. The summed E-state index contributed by atoms with van der Waals surface area (Å²) in [6.07, 6.45) is 3.30. The predicted molar refractivity (Wildman–Crippen MR) is 70.1 cm³/mol. The number of rotatable bonds is 3. The number of hydrogen-bond donors (Lipinski definition) is 1. The zero-order chi connectivity index (χ0) is 13.3. The van der Waals surface area contributed by atoms with Gasteiger partial charge in [0.1, 0.15) is 0 Å². The van der Waals surface area contributed by atoms with E-state index in [-0.39, 0.29) is 11.6 Å². The first-order chi connectivity index (χ1) is 8.52. The van der Waals surface area contributed by atoms with Crippen LogP contribution in [0.2, 0.25) is 0 Å². The molecule has 0 bridgehead atoms. The van der Waals surface area contributed by atoms with Gasteiger partial charge in [0.2, 0.25) is 0 Å². The van der Waals surface area contributed by atoms with Gasteiger partial charge in [-0.2, -0.15) is 5.10 Å². The van der Waals surface area contributed by atoms with Gasteiger partial charge in [-0.05, 0) is 34.0 Å². The average molecular weight is 310 g/mol. The molecule has 0 atom stereocenters. The van der Waals surface area contributed by atoms with Crippen LogP contribution in [0.1, 0.15) is 35.9 Å². The molecule has 0 saturated carbocycles. The van der Waals surface area contributed by atoms with Crippen LogP contribution in [0.5, 0.6) is 0 Å². The highest BCUT2D eigenvalue weighted by Crippen LogP contribution is 2.30. The van der Waals surface area contributed by atoms with Gasteiger partial charge in [-0.25, -0.2) is 9.48 Å². The van der Waals surface area contributed by atoms with Gasteiger partial charge in [-0.1, -0.05) is 13.8 Å². The standard InChI is InChI=1S/C12H12BrN3O2/c1-7(2)11-9(13)10(12(17)18)15-16(11)8-3-5-14-6-4-8/h3-7H,1-2H3,(H,17,18). The Bertz CT molecular complexity index is 579. The topological polar surface area (TPSA) is 68.0 Å². The number of halogens is 1. The largest absolute Gasteiger partial charge is 0.476 e. The fraction of sp³-hybridized carbons (Fsp3) is 0.250. The van der Waals surface area contributed by atoms with Gasteiger partial charge < -0.3 is 5.11 Å². The SMILES string of the molecule is CC(C)c1c(Br)c(C(=O)O)nn1-c1ccncc1. The molecule has 0 amide bonds. The number of aromatic carboxylic acids is 1. The summed E-state index contributed by atoms with van der Waals surface area (Å²) in [5.74, 6) is -0.898. The number of aromatic nitrogens is 3. The molecule has 0 aromatic carbocycles. The van der Waals surface area contributed by atoms with E-state index in [1.54, 1.807) is 29.2 Å². The second-order valence-corrected chi connectivity index (χ2v) is 4.92. The van der Waals surface area contributed by atoms with Crippen molar-refractivity contribution >= 4 is 21.9 Å². The summed E-state index contributed by atoms with van der Waals surface area (Å²) in [4.78, 5) is 15.1. The summed E-state index contributed by atoms with van der Waals surface area (Å²) in [5.41, 5.74) is 1.65. The molecule has 2 aromatic rings. The molecule has 94 valence electrons. The Morgan fingerprint density at radius 2 is 2.00 bits per heavy atom. The molecule has 0 radical (unpaired) electrons. The summed E-state index contributed by atoms with van der Waals surface area (Å²) in [6.45, 7) is 3.98. The second-order valence-electron chi connectivity index (χ2n) is 4.12. The fourth-order valence-corrected chi connectivity index (χ4v) is 2.60. The van der Waals surface area contributed by atoms with Crippen molar-refractivity contribution in [2.45, 2.75) is 19.8 Å². The van der Waals surface area contributed by atoms with E-state index in [1.165, 1.54) is 0 Å². The van der Waals surface area contributed by atoms with Gasteiger partial charge in [0, 0.05) is 12.4 Å². The Balaban J connectivity index is 2.67. The second kappa shape index (κ2) is 4.89. The van der Waals surface area contributed by atoms with Crippen LogP contribution in [0.3, 0.4) is 0 Å². The maximum absolute atomic E-state index is 11.1. The minimum Gasteiger partial charge on any atom is -0.476 e. The molecule has 0 aliphatic rings. The Labute approximate surface area is 113 Å². The Morgan fingerprint density at radius 3 is 2.50 bits per heavy atom. The number of pyridine rings is 1. The van der Waals surface area contributed by atoms with Crippen LogP contribution in [0, 0.1) is 0 Å². The van der Waals surface area contributed by atoms with Crippen molar-refractivity contribution in [3.63, 3.8) is 0 Å². The van der Waals surface area contributed by atoms with Gasteiger partial charge in [-0.3, -0.25) is 4.98 Å². The monoisotopic (exact) mass is 309 g/mol. The summed E-state index contributed by atoms with van der Waals surface area (Å²) in [5, 5.41) is 13.3. The van der Waals surface area contributed by atoms with E-state index >= 15 is 0 Å². The first-order valence-corrected chi connectivity index (χ1v) is 6.23. The van der Waals surface area contributed by atoms with Crippen LogP contribution < -0.4 is 0 Å². The number of nitrogens with zero attached hydrogens (tertiary/aromatic N) is 3. The van der Waals surface area contributed by atoms with Crippen molar-refractivity contribution in [2.24, 2.45) is 0 Å². The van der Waals surface area contributed by atoms with Crippen LogP contribution in [0.4, 0.5) is 0 Å². The average Bonchev–Trinajstić information content (AvgIpc) is 2.68. The molecule has 18 heavy (non-hydrogen) atoms. The summed E-state index contributed by atoms with van der Waals surface area (Å²) in [7, 11) is 0. The zero-order valence-electron chi connectivity index (χ0n) is 9.96. The van der Waals surface area contributed by atoms with Crippen molar-refractivity contribution in [3.8, 4) is 5.69 Å². The van der Waals surface area contributed by atoms with E-state index in [9.17, 15) is 4.79 Å². The first kappa shape index (κ1) is 12.8. The third-order valence-electron chi connectivity index (χ3n) is 2.52. The molecule has 0 spiro atoms. The smallest absolute Gasteiger partial charge is 0.357 e. The van der Waals surface area contributed by atoms with Crippen LogP contribution >= 0.6 is 15.9 Å². The molecule has 5 nitrogen and oxygen atoms in total. The third-order valence-corrected chi connectivity index (χ3v) is 3.30. The van der Waals surface area contributed by atoms with Gasteiger partial charge >= 0.3 is 5.97 Å². The molecule has 0 saturated heterocycles. The maximum Gasteiger partial charge on any atom is 0.357 e. The van der Waals surface area contributed by atoms with E-state index in [0.717, 1.165) is 11.4 Å². The fourth-order valence-electron chi connectivity index (χ4n) is 1.73. The molecule has 0 fully saturated rings. The number of carbonyl (C=O) groups is 1. The molecule has 0 aliphatic heterocycles. The maximum atomic E-state index is 11.1. The van der Waals surface area contributed by atoms with E-state index < -0.39 is 5.97 Å². The predicted octanol–water partition coefficient (Wildman–Crippen LogP) is 2.85. The highest BCUT2D eigenvalue weighted by Gasteiger charge is 2.23. The van der Waals surface area contributed by atoms with E-state index in [2.05, 4.69) is 26.0 Å². The van der Waals surface area contributed by atoms with Crippen LogP contribution in [0.15, 0.2) is 29.0 Å². The van der Waals surface area contributed by atoms with Gasteiger partial charge in [0.05, 0.1) is 15.9 Å². The molecule has 6 heteroatoms. The van der Waals surface area contributed by atoms with Gasteiger partial charge in [-0.15, -0.1) is 0 Å². The minimum atomic E-state index is -1.04. The Kier molecular flexibility index (Phi) is 3.47. The van der Waals surface area contributed by atoms with Crippen molar-refractivity contribution in [1.29, 1.82) is 0 Å². The van der Waals surface area contributed by atoms with Gasteiger partial charge in [0.25, 0.3) is 0 Å². The molecular weight excluding hydrogens is 298 g/mol. The van der Waals surface area contributed by atoms with E-state index in [4.69, 9.17) is 5.11 Å². The summed E-state index contributed by atoms with van der Waals surface area (Å²) >= 11 is 3.32. The molecule has 2 rings (SSSR count). The summed E-state index contributed by atoms with van der Waals surface area (Å²) in [6, 6.07) is 3.58. The Hall–Kier alpha value is -1.69. The highest BCUT2D eigenvalue weighted by molar-refractivity contribution is 9.10. The van der Waals surface area contributed by atoms with Crippen LogP contribution in [-0.2, 0) is 0 Å². The van der Waals surface area contributed by atoms with E-state index in [1.807, 2.05) is 13.8 Å². The minimum absolute atomic E-state index is 0.0236. The quantitative estimate of drug-likeness (QED) is 0.946. The Morgan fingerprint density at radius 1 is 1.39 bits per heavy atom. The summed E-state index contributed by atoms with van der Waals surface area (Å²) < 4.78 is 2.17. The molecule has 1 N–H and O–H groups in total. The lowest BCUT2D eigenvalue weighted by Gasteiger charge is -2.10. The zero-order valence-corrected chi connectivity index (χ0v) is 11.5. The van der Waals surface area contributed by atoms with Crippen molar-refractivity contribution < 1.29 is 9.90 Å². The lowest BCUT2D eigenvalue weighted by molar-refractivity contribution is 0.0689. The molecule has 2 heterocycles. The number of carboxylic acids is 1. The van der Waals surface area contributed by atoms with Crippen molar-refractivity contribution in [3.05, 3.63) is 40.4 Å². The van der Waals surface area contributed by atoms with E-state index in [0.29, 0.717) is 4.47 Å². The molecule has 2 aromatic heterocycles. The lowest BCUT2D eigenvalue weighted by atomic mass is 10.1. The molecule has 0 aliphatic carbocycles. The van der Waals surface area contributed by atoms with Crippen molar-refractivity contribution in [1.82, 2.24) is 14.8 Å². The first-order valence-electron chi connectivity index (χ1n) is 5.44. The number of carboxylic acid groups (broad SMARTS) is 1. The normalized spacial score (nSPS) is 10.9. The van der Waals surface area contributed by atoms with Crippen LogP contribution in [0.25, 0.3) is 5.69 Å².